The van der Waals surface area contributed by atoms with Crippen LogP contribution in [0.1, 0.15) is 36.1 Å². The number of carbonyl (C=O) groups excluding carboxylic acids is 2. The number of carbonyl (C=O) groups is 2. The highest BCUT2D eigenvalue weighted by Crippen LogP contribution is 2.35. The Morgan fingerprint density at radius 3 is 2.29 bits per heavy atom. The maximum atomic E-state index is 13.1. The maximum Gasteiger partial charge on any atom is 0.308 e. The van der Waals surface area contributed by atoms with Crippen molar-refractivity contribution >= 4 is 23.7 Å². The van der Waals surface area contributed by atoms with Gasteiger partial charge in [-0.25, -0.2) is 5.01 Å². The highest BCUT2D eigenvalue weighted by Gasteiger charge is 2.33. The van der Waals surface area contributed by atoms with Gasteiger partial charge in [-0.1, -0.05) is 72.8 Å². The summed E-state index contributed by atoms with van der Waals surface area (Å²) >= 11 is 0. The van der Waals surface area contributed by atoms with Gasteiger partial charge in [0.15, 0.2) is 0 Å². The molecule has 1 amide bonds. The molecule has 1 aliphatic heterocycles. The Labute approximate surface area is 181 Å². The number of amides is 1. The summed E-state index contributed by atoms with van der Waals surface area (Å²) in [6.45, 7) is 1.37. The average molecular weight is 410 g/mol. The summed E-state index contributed by atoms with van der Waals surface area (Å²) in [5, 5.41) is 6.16. The molecule has 0 saturated carbocycles. The third-order valence-corrected chi connectivity index (χ3v) is 4.99. The Kier molecular flexibility index (Phi) is 6.03. The van der Waals surface area contributed by atoms with Crippen LogP contribution in [0.3, 0.4) is 0 Å². The number of para-hydroxylation sites is 1. The molecule has 0 spiro atoms. The minimum Gasteiger partial charge on any atom is -0.426 e. The molecule has 0 radical (unpaired) electrons. The van der Waals surface area contributed by atoms with E-state index < -0.39 is 5.97 Å². The van der Waals surface area contributed by atoms with Crippen molar-refractivity contribution in [1.29, 1.82) is 0 Å². The third-order valence-electron chi connectivity index (χ3n) is 4.99. The fraction of sp³-hybridized carbons (Fsp3) is 0.115. The topological polar surface area (TPSA) is 59.0 Å². The molecule has 1 aliphatic rings. The molecule has 5 nitrogen and oxygen atoms in total. The van der Waals surface area contributed by atoms with Crippen LogP contribution in [0.4, 0.5) is 0 Å². The lowest BCUT2D eigenvalue weighted by Crippen LogP contribution is -2.25. The van der Waals surface area contributed by atoms with Gasteiger partial charge in [-0.3, -0.25) is 9.59 Å². The van der Waals surface area contributed by atoms with Crippen molar-refractivity contribution < 1.29 is 14.3 Å². The average Bonchev–Trinajstić information content (AvgIpc) is 3.24. The SMILES string of the molecule is CC(=O)Oc1ccccc1C1=NN(C(=O)C=Cc2ccccc2)C(c2ccccc2)C1. The number of hydrogen-bond donors (Lipinski definition) is 0. The van der Waals surface area contributed by atoms with E-state index in [4.69, 9.17) is 4.74 Å². The number of hydrazone groups is 1. The fourth-order valence-electron chi connectivity index (χ4n) is 3.57. The molecule has 154 valence electrons. The maximum absolute atomic E-state index is 13.1. The minimum atomic E-state index is -0.399. The van der Waals surface area contributed by atoms with Crippen LogP contribution in [-0.2, 0) is 9.59 Å². The van der Waals surface area contributed by atoms with Gasteiger partial charge in [0.1, 0.15) is 5.75 Å². The van der Waals surface area contributed by atoms with E-state index >= 15 is 0 Å². The lowest BCUT2D eigenvalue weighted by atomic mass is 9.98. The first-order chi connectivity index (χ1) is 15.1. The first-order valence-electron chi connectivity index (χ1n) is 10.1. The van der Waals surface area contributed by atoms with Crippen molar-refractivity contribution in [1.82, 2.24) is 5.01 Å². The molecule has 0 N–H and O–H groups in total. The summed E-state index contributed by atoms with van der Waals surface area (Å²) in [7, 11) is 0. The van der Waals surface area contributed by atoms with E-state index in [9.17, 15) is 9.59 Å². The van der Waals surface area contributed by atoms with E-state index in [1.54, 1.807) is 18.2 Å². The summed E-state index contributed by atoms with van der Waals surface area (Å²) in [5.41, 5.74) is 3.34. The molecular formula is C26H22N2O3. The number of nitrogens with zero attached hydrogens (tertiary/aromatic N) is 2. The van der Waals surface area contributed by atoms with Gasteiger partial charge in [0.05, 0.1) is 11.8 Å². The quantitative estimate of drug-likeness (QED) is 0.338. The molecule has 1 unspecified atom stereocenters. The van der Waals surface area contributed by atoms with Crippen molar-refractivity contribution in [3.05, 3.63) is 108 Å². The highest BCUT2D eigenvalue weighted by atomic mass is 16.5. The molecule has 31 heavy (non-hydrogen) atoms. The molecule has 3 aromatic carbocycles. The van der Waals surface area contributed by atoms with Gasteiger partial charge in [0.2, 0.25) is 0 Å². The van der Waals surface area contributed by atoms with Gasteiger partial charge in [-0.15, -0.1) is 0 Å². The lowest BCUT2D eigenvalue weighted by Gasteiger charge is -2.20. The Morgan fingerprint density at radius 2 is 1.58 bits per heavy atom. The predicted molar refractivity (Wildman–Crippen MR) is 120 cm³/mol. The van der Waals surface area contributed by atoms with Crippen LogP contribution in [-0.4, -0.2) is 22.6 Å². The lowest BCUT2D eigenvalue weighted by molar-refractivity contribution is -0.132. The fourth-order valence-corrected chi connectivity index (χ4v) is 3.57. The second-order valence-electron chi connectivity index (χ2n) is 7.19. The Morgan fingerprint density at radius 1 is 0.935 bits per heavy atom. The third kappa shape index (κ3) is 4.78. The minimum absolute atomic E-state index is 0.210. The summed E-state index contributed by atoms with van der Waals surface area (Å²) in [4.78, 5) is 24.6. The second-order valence-corrected chi connectivity index (χ2v) is 7.19. The first-order valence-corrected chi connectivity index (χ1v) is 10.1. The van der Waals surface area contributed by atoms with E-state index in [0.29, 0.717) is 23.4 Å². The molecule has 0 fully saturated rings. The zero-order valence-corrected chi connectivity index (χ0v) is 17.1. The Bertz CT molecular complexity index is 1140. The van der Waals surface area contributed by atoms with E-state index in [2.05, 4.69) is 5.10 Å². The van der Waals surface area contributed by atoms with E-state index in [0.717, 1.165) is 11.1 Å². The van der Waals surface area contributed by atoms with Crippen molar-refractivity contribution in [2.75, 3.05) is 0 Å². The summed E-state index contributed by atoms with van der Waals surface area (Å²) in [6, 6.07) is 26.5. The molecule has 0 aliphatic carbocycles. The number of rotatable bonds is 5. The first kappa shape index (κ1) is 20.3. The number of ether oxygens (including phenoxy) is 1. The molecule has 4 rings (SSSR count). The van der Waals surface area contributed by atoms with Crippen LogP contribution in [0, 0.1) is 0 Å². The van der Waals surface area contributed by atoms with E-state index in [1.807, 2.05) is 72.8 Å². The zero-order valence-electron chi connectivity index (χ0n) is 17.1. The molecule has 1 heterocycles. The predicted octanol–water partition coefficient (Wildman–Crippen LogP) is 5.00. The van der Waals surface area contributed by atoms with Gasteiger partial charge < -0.3 is 4.74 Å². The molecule has 0 aromatic heterocycles. The smallest absolute Gasteiger partial charge is 0.308 e. The van der Waals surface area contributed by atoms with E-state index in [1.165, 1.54) is 18.0 Å². The van der Waals surface area contributed by atoms with Crippen LogP contribution in [0.25, 0.3) is 6.08 Å². The standard InChI is InChI=1S/C26H22N2O3/c1-19(29)31-25-15-9-8-14-22(25)23-18-24(21-12-6-3-7-13-21)28(27-23)26(30)17-16-20-10-4-2-5-11-20/h2-17,24H,18H2,1H3. The summed E-state index contributed by atoms with van der Waals surface area (Å²) in [6.07, 6.45) is 3.84. The Balaban J connectivity index is 1.68. The Hall–Kier alpha value is -3.99. The molecule has 1 atom stereocenters. The number of hydrogen-bond acceptors (Lipinski definition) is 4. The van der Waals surface area contributed by atoms with Gasteiger partial charge in [-0.05, 0) is 29.3 Å². The number of benzene rings is 3. The van der Waals surface area contributed by atoms with Gasteiger partial charge in [-0.2, -0.15) is 5.10 Å². The van der Waals surface area contributed by atoms with Crippen molar-refractivity contribution in [2.45, 2.75) is 19.4 Å². The van der Waals surface area contributed by atoms with Crippen LogP contribution < -0.4 is 4.74 Å². The highest BCUT2D eigenvalue weighted by molar-refractivity contribution is 6.06. The monoisotopic (exact) mass is 410 g/mol. The normalized spacial score (nSPS) is 15.7. The van der Waals surface area contributed by atoms with Crippen molar-refractivity contribution in [2.24, 2.45) is 5.10 Å². The van der Waals surface area contributed by atoms with Gasteiger partial charge in [0, 0.05) is 25.0 Å². The van der Waals surface area contributed by atoms with Crippen LogP contribution in [0.15, 0.2) is 96.1 Å². The molecule has 5 heteroatoms. The molecule has 3 aromatic rings. The largest absolute Gasteiger partial charge is 0.426 e. The second kappa shape index (κ2) is 9.22. The van der Waals surface area contributed by atoms with E-state index in [-0.39, 0.29) is 11.9 Å². The zero-order chi connectivity index (χ0) is 21.6. The summed E-state index contributed by atoms with van der Waals surface area (Å²) in [5.74, 6) is -0.170. The van der Waals surface area contributed by atoms with Crippen LogP contribution >= 0.6 is 0 Å². The molecule has 0 bridgehead atoms. The molecule has 0 saturated heterocycles. The van der Waals surface area contributed by atoms with Crippen LogP contribution in [0.2, 0.25) is 0 Å². The summed E-state index contributed by atoms with van der Waals surface area (Å²) < 4.78 is 5.36. The van der Waals surface area contributed by atoms with Crippen molar-refractivity contribution in [3.8, 4) is 5.75 Å². The van der Waals surface area contributed by atoms with Gasteiger partial charge in [0.25, 0.3) is 5.91 Å². The van der Waals surface area contributed by atoms with Crippen LogP contribution in [0.5, 0.6) is 5.75 Å². The molecular weight excluding hydrogens is 388 g/mol. The number of esters is 1. The van der Waals surface area contributed by atoms with Gasteiger partial charge >= 0.3 is 5.97 Å². The van der Waals surface area contributed by atoms with Crippen molar-refractivity contribution in [3.63, 3.8) is 0 Å².